The molecule has 0 atom stereocenters. The third-order valence-electron chi connectivity index (χ3n) is 4.59. The molecule has 0 aliphatic heterocycles. The summed E-state index contributed by atoms with van der Waals surface area (Å²) in [6.45, 7) is -2.90. The fourth-order valence-corrected chi connectivity index (χ4v) is 3.17. The van der Waals surface area contributed by atoms with Crippen molar-refractivity contribution in [3.63, 3.8) is 0 Å². The third-order valence-corrected chi connectivity index (χ3v) is 4.84. The van der Waals surface area contributed by atoms with Gasteiger partial charge in [-0.2, -0.15) is 19.0 Å². The van der Waals surface area contributed by atoms with Crippen molar-refractivity contribution in [2.75, 3.05) is 0 Å². The van der Waals surface area contributed by atoms with Crippen LogP contribution in [0, 0.1) is 0 Å². The number of benzene rings is 3. The highest BCUT2D eigenvalue weighted by Crippen LogP contribution is 2.25. The Kier molecular flexibility index (Phi) is 6.75. The third kappa shape index (κ3) is 5.61. The Balaban J connectivity index is 1.61. The van der Waals surface area contributed by atoms with Gasteiger partial charge in [-0.3, -0.25) is 4.79 Å². The Labute approximate surface area is 193 Å². The highest BCUT2D eigenvalue weighted by atomic mass is 35.5. The van der Waals surface area contributed by atoms with E-state index in [1.165, 1.54) is 18.3 Å². The lowest BCUT2D eigenvalue weighted by molar-refractivity contribution is -0.0498. The van der Waals surface area contributed by atoms with E-state index < -0.39 is 12.5 Å². The van der Waals surface area contributed by atoms with Crippen molar-refractivity contribution in [3.05, 3.63) is 101 Å². The molecule has 1 amide bonds. The number of amides is 1. The second kappa shape index (κ2) is 10.1. The topological polar surface area (TPSA) is 68.5 Å². The first-order valence-electron chi connectivity index (χ1n) is 9.79. The number of hydrazone groups is 1. The monoisotopic (exact) mass is 466 g/mol. The van der Waals surface area contributed by atoms with E-state index in [0.29, 0.717) is 27.4 Å². The minimum atomic E-state index is -2.90. The summed E-state index contributed by atoms with van der Waals surface area (Å²) in [5.74, 6) is -0.352. The summed E-state index contributed by atoms with van der Waals surface area (Å²) in [4.78, 5) is 12.3. The van der Waals surface area contributed by atoms with Crippen molar-refractivity contribution < 1.29 is 18.3 Å². The molecule has 1 N–H and O–H groups in total. The fourth-order valence-electron chi connectivity index (χ4n) is 3.04. The van der Waals surface area contributed by atoms with Gasteiger partial charge in [-0.15, -0.1) is 0 Å². The van der Waals surface area contributed by atoms with E-state index in [-0.39, 0.29) is 5.75 Å². The van der Waals surface area contributed by atoms with Crippen molar-refractivity contribution >= 4 is 23.7 Å². The van der Waals surface area contributed by atoms with Crippen LogP contribution < -0.4 is 10.2 Å². The van der Waals surface area contributed by atoms with Crippen LogP contribution in [0.2, 0.25) is 5.02 Å². The van der Waals surface area contributed by atoms with Crippen molar-refractivity contribution in [3.8, 4) is 22.7 Å². The number of ether oxygens (including phenoxy) is 1. The molecule has 1 aromatic heterocycles. The lowest BCUT2D eigenvalue weighted by Gasteiger charge is -2.05. The fraction of sp³-hybridized carbons (Fsp3) is 0.0417. The van der Waals surface area contributed by atoms with Crippen LogP contribution in [-0.4, -0.2) is 28.5 Å². The van der Waals surface area contributed by atoms with E-state index in [2.05, 4.69) is 20.4 Å². The Morgan fingerprint density at radius 3 is 2.39 bits per heavy atom. The predicted octanol–water partition coefficient (Wildman–Crippen LogP) is 5.56. The number of nitrogens with zero attached hydrogens (tertiary/aromatic N) is 3. The minimum Gasteiger partial charge on any atom is -0.435 e. The molecule has 0 radical (unpaired) electrons. The molecule has 0 saturated heterocycles. The van der Waals surface area contributed by atoms with E-state index >= 15 is 0 Å². The number of hydrogen-bond acceptors (Lipinski definition) is 4. The maximum Gasteiger partial charge on any atom is 0.387 e. The zero-order chi connectivity index (χ0) is 23.2. The molecule has 6 nitrogen and oxygen atoms in total. The number of hydrogen-bond donors (Lipinski definition) is 1. The molecule has 0 fully saturated rings. The quantitative estimate of drug-likeness (QED) is 0.286. The number of rotatable bonds is 7. The van der Waals surface area contributed by atoms with E-state index in [9.17, 15) is 13.6 Å². The SMILES string of the molecule is O=C(N/N=C/c1cn(-c2ccccc2)nc1-c1ccc(OC(F)F)cc1)c1ccc(Cl)cc1. The number of halogens is 3. The van der Waals surface area contributed by atoms with Crippen LogP contribution in [0.1, 0.15) is 15.9 Å². The normalized spacial score (nSPS) is 11.2. The molecule has 0 spiro atoms. The summed E-state index contributed by atoms with van der Waals surface area (Å²) in [5.41, 5.74) is 5.52. The van der Waals surface area contributed by atoms with Gasteiger partial charge in [0.05, 0.1) is 11.9 Å². The van der Waals surface area contributed by atoms with Crippen molar-refractivity contribution in [1.82, 2.24) is 15.2 Å². The molecule has 3 aromatic carbocycles. The van der Waals surface area contributed by atoms with Gasteiger partial charge in [-0.1, -0.05) is 29.8 Å². The van der Waals surface area contributed by atoms with Gasteiger partial charge >= 0.3 is 6.61 Å². The van der Waals surface area contributed by atoms with E-state index in [1.54, 1.807) is 47.3 Å². The molecular weight excluding hydrogens is 450 g/mol. The predicted molar refractivity (Wildman–Crippen MR) is 122 cm³/mol. The van der Waals surface area contributed by atoms with Gasteiger partial charge in [0, 0.05) is 27.9 Å². The first-order valence-corrected chi connectivity index (χ1v) is 10.2. The molecule has 0 bridgehead atoms. The molecule has 0 aliphatic carbocycles. The lowest BCUT2D eigenvalue weighted by atomic mass is 10.1. The molecule has 9 heteroatoms. The zero-order valence-electron chi connectivity index (χ0n) is 17.0. The molecule has 33 heavy (non-hydrogen) atoms. The minimum absolute atomic E-state index is 0.0432. The smallest absolute Gasteiger partial charge is 0.387 e. The van der Waals surface area contributed by atoms with Crippen LogP contribution in [0.15, 0.2) is 90.2 Å². The number of carbonyl (C=O) groups excluding carboxylic acids is 1. The molecule has 4 aromatic rings. The van der Waals surface area contributed by atoms with Gasteiger partial charge < -0.3 is 4.74 Å². The summed E-state index contributed by atoms with van der Waals surface area (Å²) >= 11 is 5.85. The van der Waals surface area contributed by atoms with Crippen LogP contribution in [0.5, 0.6) is 5.75 Å². The second-order valence-electron chi connectivity index (χ2n) is 6.82. The van der Waals surface area contributed by atoms with Crippen LogP contribution >= 0.6 is 11.6 Å². The summed E-state index contributed by atoms with van der Waals surface area (Å²) in [7, 11) is 0. The van der Waals surface area contributed by atoms with Crippen LogP contribution in [0.4, 0.5) is 8.78 Å². The molecule has 166 valence electrons. The first-order chi connectivity index (χ1) is 16.0. The Hall–Kier alpha value is -4.04. The molecular formula is C24H17ClF2N4O2. The number of aromatic nitrogens is 2. The Morgan fingerprint density at radius 1 is 1.03 bits per heavy atom. The van der Waals surface area contributed by atoms with Crippen molar-refractivity contribution in [1.29, 1.82) is 0 Å². The molecule has 0 unspecified atom stereocenters. The summed E-state index contributed by atoms with van der Waals surface area (Å²) in [6.07, 6.45) is 3.23. The maximum absolute atomic E-state index is 12.4. The van der Waals surface area contributed by atoms with Crippen LogP contribution in [0.3, 0.4) is 0 Å². The van der Waals surface area contributed by atoms with Crippen molar-refractivity contribution in [2.45, 2.75) is 6.61 Å². The molecule has 4 rings (SSSR count). The average molecular weight is 467 g/mol. The van der Waals surface area contributed by atoms with Gasteiger partial charge in [0.2, 0.25) is 0 Å². The highest BCUT2D eigenvalue weighted by Gasteiger charge is 2.13. The number of nitrogens with one attached hydrogen (secondary N) is 1. The van der Waals surface area contributed by atoms with E-state index in [1.807, 2.05) is 30.3 Å². The van der Waals surface area contributed by atoms with Gasteiger partial charge in [0.25, 0.3) is 5.91 Å². The summed E-state index contributed by atoms with van der Waals surface area (Å²) in [6, 6.07) is 22.0. The van der Waals surface area contributed by atoms with Gasteiger partial charge in [-0.25, -0.2) is 10.1 Å². The van der Waals surface area contributed by atoms with Gasteiger partial charge in [0.1, 0.15) is 11.4 Å². The summed E-state index contributed by atoms with van der Waals surface area (Å²) in [5, 5.41) is 9.20. The molecule has 1 heterocycles. The largest absolute Gasteiger partial charge is 0.435 e. The standard InChI is InChI=1S/C24H17ClF2N4O2/c25-19-10-6-17(7-11-19)23(32)29-28-14-18-15-31(20-4-2-1-3-5-20)30-22(18)16-8-12-21(13-9-16)33-24(26)27/h1-15,24H,(H,29,32)/b28-14+. The van der Waals surface area contributed by atoms with Gasteiger partial charge in [-0.05, 0) is 60.7 Å². The highest BCUT2D eigenvalue weighted by molar-refractivity contribution is 6.30. The van der Waals surface area contributed by atoms with Crippen LogP contribution in [-0.2, 0) is 0 Å². The number of para-hydroxylation sites is 1. The Bertz CT molecular complexity index is 1260. The Morgan fingerprint density at radius 2 is 1.73 bits per heavy atom. The molecule has 0 aliphatic rings. The maximum atomic E-state index is 12.4. The van der Waals surface area contributed by atoms with E-state index in [4.69, 9.17) is 11.6 Å². The molecule has 0 saturated carbocycles. The second-order valence-corrected chi connectivity index (χ2v) is 7.26. The van der Waals surface area contributed by atoms with Crippen LogP contribution in [0.25, 0.3) is 16.9 Å². The number of alkyl halides is 2. The zero-order valence-corrected chi connectivity index (χ0v) is 17.8. The van der Waals surface area contributed by atoms with E-state index in [0.717, 1.165) is 5.69 Å². The van der Waals surface area contributed by atoms with Gasteiger partial charge in [0.15, 0.2) is 0 Å². The van der Waals surface area contributed by atoms with Crippen molar-refractivity contribution in [2.24, 2.45) is 5.10 Å². The number of carbonyl (C=O) groups is 1. The average Bonchev–Trinajstić information content (AvgIpc) is 3.24. The first kappa shape index (κ1) is 22.2. The summed E-state index contributed by atoms with van der Waals surface area (Å²) < 4.78 is 31.0. The lowest BCUT2D eigenvalue weighted by Crippen LogP contribution is -2.17.